The third-order valence-electron chi connectivity index (χ3n) is 2.13. The first-order chi connectivity index (χ1) is 7.24. The summed E-state index contributed by atoms with van der Waals surface area (Å²) in [5, 5.41) is 4.15. The molecule has 0 aliphatic rings. The number of hydrogen-bond acceptors (Lipinski definition) is 3. The van der Waals surface area contributed by atoms with Gasteiger partial charge in [0.2, 0.25) is 0 Å². The van der Waals surface area contributed by atoms with Crippen molar-refractivity contribution in [2.24, 2.45) is 0 Å². The molecule has 1 N–H and O–H groups in total. The summed E-state index contributed by atoms with van der Waals surface area (Å²) in [6, 6.07) is 3.72. The number of hydrogen-bond donors (Lipinski definition) is 1. The zero-order chi connectivity index (χ0) is 10.4. The van der Waals surface area contributed by atoms with Gasteiger partial charge in [-0.1, -0.05) is 12.2 Å². The standard InChI is InChI=1S/C9H5BrN4S/c10-5-3-11-14-4-7-6(13-9(5)14)1-2-8(15)12-7/h1-4H,(H,12,15). The molecule has 0 amide bonds. The molecule has 0 aliphatic heterocycles. The van der Waals surface area contributed by atoms with Crippen LogP contribution in [0.1, 0.15) is 0 Å². The van der Waals surface area contributed by atoms with E-state index < -0.39 is 0 Å². The van der Waals surface area contributed by atoms with Gasteiger partial charge in [0.25, 0.3) is 0 Å². The van der Waals surface area contributed by atoms with Crippen molar-refractivity contribution in [2.45, 2.75) is 0 Å². The molecule has 3 heterocycles. The number of aromatic nitrogens is 4. The van der Waals surface area contributed by atoms with Crippen molar-refractivity contribution in [2.75, 3.05) is 0 Å². The summed E-state index contributed by atoms with van der Waals surface area (Å²) >= 11 is 8.44. The molecule has 0 radical (unpaired) electrons. The molecule has 0 spiro atoms. The van der Waals surface area contributed by atoms with Crippen LogP contribution < -0.4 is 0 Å². The lowest BCUT2D eigenvalue weighted by Gasteiger charge is -1.98. The highest BCUT2D eigenvalue weighted by Crippen LogP contribution is 2.18. The molecular weight excluding hydrogens is 276 g/mol. The van der Waals surface area contributed by atoms with Crippen molar-refractivity contribution < 1.29 is 0 Å². The predicted molar refractivity (Wildman–Crippen MR) is 63.4 cm³/mol. The molecule has 0 saturated carbocycles. The summed E-state index contributed by atoms with van der Waals surface area (Å²) in [6.07, 6.45) is 3.59. The lowest BCUT2D eigenvalue weighted by Crippen LogP contribution is -1.92. The fraction of sp³-hybridized carbons (Fsp3) is 0. The number of fused-ring (bicyclic) bond motifs is 2. The normalized spacial score (nSPS) is 11.3. The highest BCUT2D eigenvalue weighted by Gasteiger charge is 2.04. The summed E-state index contributed by atoms with van der Waals surface area (Å²) < 4.78 is 3.28. The van der Waals surface area contributed by atoms with E-state index in [1.807, 2.05) is 18.3 Å². The molecule has 15 heavy (non-hydrogen) atoms. The maximum atomic E-state index is 5.05. The largest absolute Gasteiger partial charge is 0.344 e. The number of halogens is 1. The number of nitrogens with one attached hydrogen (secondary N) is 1. The second-order valence-corrected chi connectivity index (χ2v) is 4.42. The molecular formula is C9H5BrN4S. The smallest absolute Gasteiger partial charge is 0.169 e. The maximum Gasteiger partial charge on any atom is 0.169 e. The third kappa shape index (κ3) is 1.37. The number of nitrogens with zero attached hydrogens (tertiary/aromatic N) is 3. The van der Waals surface area contributed by atoms with Crippen molar-refractivity contribution >= 4 is 44.8 Å². The topological polar surface area (TPSA) is 46.0 Å². The summed E-state index contributed by atoms with van der Waals surface area (Å²) in [4.78, 5) is 7.52. The minimum atomic E-state index is 0.690. The van der Waals surface area contributed by atoms with E-state index in [1.54, 1.807) is 10.7 Å². The molecule has 3 rings (SSSR count). The zero-order valence-electron chi connectivity index (χ0n) is 7.44. The van der Waals surface area contributed by atoms with E-state index in [-0.39, 0.29) is 0 Å². The number of H-pyrrole nitrogens is 1. The summed E-state index contributed by atoms with van der Waals surface area (Å²) in [5.41, 5.74) is 2.55. The molecule has 3 aromatic heterocycles. The fourth-order valence-corrected chi connectivity index (χ4v) is 1.99. The Hall–Kier alpha value is -1.27. The highest BCUT2D eigenvalue weighted by molar-refractivity contribution is 9.10. The summed E-state index contributed by atoms with van der Waals surface area (Å²) in [6.45, 7) is 0. The van der Waals surface area contributed by atoms with Gasteiger partial charge < -0.3 is 4.98 Å². The molecule has 0 saturated heterocycles. The Balaban J connectivity index is 2.54. The fourth-order valence-electron chi connectivity index (χ4n) is 1.45. The van der Waals surface area contributed by atoms with Crippen LogP contribution in [0.2, 0.25) is 0 Å². The van der Waals surface area contributed by atoms with Crippen LogP contribution in [0.25, 0.3) is 16.7 Å². The minimum Gasteiger partial charge on any atom is -0.344 e. The molecule has 0 atom stereocenters. The first kappa shape index (κ1) is 8.99. The Kier molecular flexibility index (Phi) is 1.86. The van der Waals surface area contributed by atoms with E-state index in [2.05, 4.69) is 31.0 Å². The number of rotatable bonds is 0. The van der Waals surface area contributed by atoms with Crippen LogP contribution in [-0.4, -0.2) is 19.6 Å². The Bertz CT molecular complexity index is 715. The van der Waals surface area contributed by atoms with Gasteiger partial charge >= 0.3 is 0 Å². The van der Waals surface area contributed by atoms with E-state index in [0.29, 0.717) is 4.64 Å². The minimum absolute atomic E-state index is 0.690. The van der Waals surface area contributed by atoms with Crippen LogP contribution in [-0.2, 0) is 0 Å². The molecule has 74 valence electrons. The Morgan fingerprint density at radius 2 is 2.27 bits per heavy atom. The van der Waals surface area contributed by atoms with E-state index in [4.69, 9.17) is 12.2 Å². The van der Waals surface area contributed by atoms with E-state index >= 15 is 0 Å². The Labute approximate surface area is 98.1 Å². The number of aromatic amines is 1. The van der Waals surface area contributed by atoms with Crippen molar-refractivity contribution in [3.63, 3.8) is 0 Å². The molecule has 0 aliphatic carbocycles. The van der Waals surface area contributed by atoms with Gasteiger partial charge in [-0.2, -0.15) is 5.10 Å². The van der Waals surface area contributed by atoms with Crippen LogP contribution in [0, 0.1) is 4.64 Å². The van der Waals surface area contributed by atoms with Gasteiger partial charge in [0.15, 0.2) is 5.65 Å². The average molecular weight is 281 g/mol. The van der Waals surface area contributed by atoms with Gasteiger partial charge in [0.1, 0.15) is 4.64 Å². The average Bonchev–Trinajstić information content (AvgIpc) is 2.57. The van der Waals surface area contributed by atoms with E-state index in [9.17, 15) is 0 Å². The Morgan fingerprint density at radius 1 is 1.40 bits per heavy atom. The number of pyridine rings is 1. The van der Waals surface area contributed by atoms with Gasteiger partial charge in [0, 0.05) is 0 Å². The quantitative estimate of drug-likeness (QED) is 0.644. The van der Waals surface area contributed by atoms with Crippen molar-refractivity contribution in [3.05, 3.63) is 33.6 Å². The highest BCUT2D eigenvalue weighted by atomic mass is 79.9. The van der Waals surface area contributed by atoms with Crippen LogP contribution in [0.4, 0.5) is 0 Å². The van der Waals surface area contributed by atoms with Crippen LogP contribution in [0.5, 0.6) is 0 Å². The van der Waals surface area contributed by atoms with Gasteiger partial charge in [-0.05, 0) is 28.1 Å². The van der Waals surface area contributed by atoms with Crippen LogP contribution >= 0.6 is 28.1 Å². The second kappa shape index (κ2) is 3.11. The van der Waals surface area contributed by atoms with Crippen molar-refractivity contribution in [1.82, 2.24) is 19.6 Å². The molecule has 0 aromatic carbocycles. The lowest BCUT2D eigenvalue weighted by molar-refractivity contribution is 0.948. The van der Waals surface area contributed by atoms with Gasteiger partial charge in [-0.3, -0.25) is 0 Å². The summed E-state index contributed by atoms with van der Waals surface area (Å²) in [7, 11) is 0. The second-order valence-electron chi connectivity index (χ2n) is 3.12. The Morgan fingerprint density at radius 3 is 3.13 bits per heavy atom. The SMILES string of the molecule is S=c1ccc2nc3c(Br)cnn3cc2[nH]1. The molecule has 4 nitrogen and oxygen atoms in total. The predicted octanol–water partition coefficient (Wildman–Crippen LogP) is 2.70. The first-order valence-corrected chi connectivity index (χ1v) is 5.47. The van der Waals surface area contributed by atoms with E-state index in [1.165, 1.54) is 0 Å². The molecule has 3 aromatic rings. The van der Waals surface area contributed by atoms with Gasteiger partial charge in [0.05, 0.1) is 27.9 Å². The maximum absolute atomic E-state index is 5.05. The zero-order valence-corrected chi connectivity index (χ0v) is 9.84. The summed E-state index contributed by atoms with van der Waals surface area (Å²) in [5.74, 6) is 0. The monoisotopic (exact) mass is 280 g/mol. The molecule has 0 bridgehead atoms. The molecule has 6 heteroatoms. The molecule has 0 fully saturated rings. The first-order valence-electron chi connectivity index (χ1n) is 4.27. The lowest BCUT2D eigenvalue weighted by atomic mass is 10.4. The van der Waals surface area contributed by atoms with Crippen LogP contribution in [0.15, 0.2) is 29.0 Å². The third-order valence-corrected chi connectivity index (χ3v) is 2.93. The van der Waals surface area contributed by atoms with E-state index in [0.717, 1.165) is 21.2 Å². The molecule has 0 unspecified atom stereocenters. The van der Waals surface area contributed by atoms with Crippen molar-refractivity contribution in [3.8, 4) is 0 Å². The van der Waals surface area contributed by atoms with Crippen molar-refractivity contribution in [1.29, 1.82) is 0 Å². The van der Waals surface area contributed by atoms with Gasteiger partial charge in [-0.15, -0.1) is 0 Å². The van der Waals surface area contributed by atoms with Crippen LogP contribution in [0.3, 0.4) is 0 Å². The van der Waals surface area contributed by atoms with Gasteiger partial charge in [-0.25, -0.2) is 9.50 Å².